The zero-order chi connectivity index (χ0) is 27.0. The first-order chi connectivity index (χ1) is 17.4. The molecule has 0 spiro atoms. The van der Waals surface area contributed by atoms with E-state index in [-0.39, 0.29) is 26.3 Å². The lowest BCUT2D eigenvalue weighted by Gasteiger charge is -2.32. The van der Waals surface area contributed by atoms with Crippen LogP contribution in [0, 0.1) is 6.92 Å². The number of hydrogen-bond donors (Lipinski definition) is 2. The lowest BCUT2D eigenvalue weighted by Crippen LogP contribution is -2.47. The molecule has 1 aliphatic rings. The van der Waals surface area contributed by atoms with Gasteiger partial charge < -0.3 is 4.90 Å². The maximum absolute atomic E-state index is 13.2. The summed E-state index contributed by atoms with van der Waals surface area (Å²) in [5.41, 5.74) is 0.660. The molecule has 37 heavy (non-hydrogen) atoms. The number of hydrogen-bond acceptors (Lipinski definition) is 9. The van der Waals surface area contributed by atoms with Gasteiger partial charge in [0.15, 0.2) is 0 Å². The number of amides is 1. The number of rotatable bonds is 7. The fraction of sp³-hybridized carbons (Fsp3) is 0.286. The Kier molecular flexibility index (Phi) is 8.09. The van der Waals surface area contributed by atoms with Crippen molar-refractivity contribution >= 4 is 71.3 Å². The minimum absolute atomic E-state index is 0.0160. The summed E-state index contributed by atoms with van der Waals surface area (Å²) in [6.07, 6.45) is 0. The number of sulfonamides is 2. The van der Waals surface area contributed by atoms with Crippen molar-refractivity contribution in [3.8, 4) is 0 Å². The van der Waals surface area contributed by atoms with Crippen LogP contribution in [0.5, 0.6) is 0 Å². The van der Waals surface area contributed by atoms with Crippen molar-refractivity contribution in [1.29, 1.82) is 0 Å². The van der Waals surface area contributed by atoms with Crippen LogP contribution < -0.4 is 10.0 Å². The smallest absolute Gasteiger partial charge is 0.291 e. The Morgan fingerprint density at radius 2 is 1.70 bits per heavy atom. The summed E-state index contributed by atoms with van der Waals surface area (Å²) < 4.78 is 55.6. The van der Waals surface area contributed by atoms with Crippen LogP contribution >= 0.6 is 34.5 Å². The second kappa shape index (κ2) is 10.8. The van der Waals surface area contributed by atoms with E-state index in [0.717, 1.165) is 0 Å². The molecule has 198 valence electrons. The third-order valence-electron chi connectivity index (χ3n) is 5.55. The van der Waals surface area contributed by atoms with E-state index >= 15 is 0 Å². The highest BCUT2D eigenvalue weighted by atomic mass is 35.5. The predicted molar refractivity (Wildman–Crippen MR) is 143 cm³/mol. The van der Waals surface area contributed by atoms with E-state index in [1.165, 1.54) is 40.7 Å². The number of aryl methyl sites for hydroxylation is 1. The molecule has 1 saturated heterocycles. The van der Waals surface area contributed by atoms with Gasteiger partial charge >= 0.3 is 0 Å². The molecule has 0 bridgehead atoms. The molecule has 0 radical (unpaired) electrons. The van der Waals surface area contributed by atoms with Crippen LogP contribution in [0.3, 0.4) is 0 Å². The first-order valence-electron chi connectivity index (χ1n) is 10.8. The van der Waals surface area contributed by atoms with E-state index in [0.29, 0.717) is 48.1 Å². The van der Waals surface area contributed by atoms with E-state index in [4.69, 9.17) is 23.2 Å². The summed E-state index contributed by atoms with van der Waals surface area (Å²) in [6.45, 7) is 3.53. The molecule has 1 aliphatic heterocycles. The summed E-state index contributed by atoms with van der Waals surface area (Å²) in [7, 11) is -6.13. The zero-order valence-corrected chi connectivity index (χ0v) is 23.6. The lowest BCUT2D eigenvalue weighted by molar-refractivity contribution is 0.102. The van der Waals surface area contributed by atoms with Crippen molar-refractivity contribution < 1.29 is 21.6 Å². The Bertz CT molecular complexity index is 1550. The average molecular weight is 606 g/mol. The van der Waals surface area contributed by atoms with Gasteiger partial charge in [-0.1, -0.05) is 40.6 Å². The van der Waals surface area contributed by atoms with Gasteiger partial charge in [-0.25, -0.2) is 8.42 Å². The second-order valence-electron chi connectivity index (χ2n) is 8.24. The molecule has 4 rings (SSSR count). The largest absolute Gasteiger partial charge is 0.304 e. The van der Waals surface area contributed by atoms with Gasteiger partial charge in [-0.3, -0.25) is 14.8 Å². The summed E-state index contributed by atoms with van der Waals surface area (Å²) in [6, 6.07) is 8.59. The van der Waals surface area contributed by atoms with Gasteiger partial charge in [0.2, 0.25) is 15.2 Å². The van der Waals surface area contributed by atoms with Gasteiger partial charge in [0.05, 0.1) is 21.2 Å². The summed E-state index contributed by atoms with van der Waals surface area (Å²) in [4.78, 5) is 14.5. The molecule has 11 nitrogen and oxygen atoms in total. The number of aromatic nitrogens is 2. The molecule has 2 aromatic carbocycles. The Morgan fingerprint density at radius 3 is 2.38 bits per heavy atom. The first kappa shape index (κ1) is 27.7. The molecular weight excluding hydrogens is 583 g/mol. The van der Waals surface area contributed by atoms with Crippen molar-refractivity contribution in [1.82, 2.24) is 19.4 Å². The van der Waals surface area contributed by atoms with Gasteiger partial charge in [-0.2, -0.15) is 12.7 Å². The molecule has 1 fully saturated rings. The molecule has 3 aromatic rings. The molecular formula is C21H22Cl2N6O5S3. The van der Waals surface area contributed by atoms with Gasteiger partial charge in [-0.15, -0.1) is 10.2 Å². The molecule has 16 heteroatoms. The minimum atomic E-state index is -4.23. The standard InChI is InChI=1S/C21H22Cl2N6O5S3/c1-13-3-5-15(12-18(13)37(33,34)29-9-7-28(2)8-10-29)27-36(31,32)21-26-25-20(35-21)24-19(30)16-6-4-14(22)11-17(16)23/h3-6,11-12,27H,7-10H2,1-2H3,(H,24,25,30). The van der Waals surface area contributed by atoms with Crippen molar-refractivity contribution in [2.45, 2.75) is 16.2 Å². The number of halogens is 2. The highest BCUT2D eigenvalue weighted by molar-refractivity contribution is 7.94. The monoisotopic (exact) mass is 604 g/mol. The molecule has 0 saturated carbocycles. The topological polar surface area (TPSA) is 142 Å². The number of nitrogens with one attached hydrogen (secondary N) is 2. The van der Waals surface area contributed by atoms with E-state index in [2.05, 4.69) is 20.2 Å². The number of carbonyl (C=O) groups excluding carboxylic acids is 1. The number of anilines is 2. The number of carbonyl (C=O) groups is 1. The molecule has 0 atom stereocenters. The van der Waals surface area contributed by atoms with Crippen LogP contribution in [0.15, 0.2) is 45.6 Å². The van der Waals surface area contributed by atoms with Crippen LogP contribution in [-0.4, -0.2) is 75.4 Å². The highest BCUT2D eigenvalue weighted by Crippen LogP contribution is 2.28. The van der Waals surface area contributed by atoms with Gasteiger partial charge in [0, 0.05) is 31.2 Å². The van der Waals surface area contributed by atoms with Crippen molar-refractivity contribution in [3.05, 3.63) is 57.6 Å². The number of piperazine rings is 1. The van der Waals surface area contributed by atoms with Crippen molar-refractivity contribution in [2.24, 2.45) is 0 Å². The quantitative estimate of drug-likeness (QED) is 0.392. The number of nitrogens with zero attached hydrogens (tertiary/aromatic N) is 4. The zero-order valence-electron chi connectivity index (χ0n) is 19.6. The van der Waals surface area contributed by atoms with E-state index in [1.54, 1.807) is 6.92 Å². The Hall–Kier alpha value is -2.33. The fourth-order valence-electron chi connectivity index (χ4n) is 3.51. The van der Waals surface area contributed by atoms with Crippen molar-refractivity contribution in [3.63, 3.8) is 0 Å². The summed E-state index contributed by atoms with van der Waals surface area (Å²) in [5.74, 6) is -0.619. The first-order valence-corrected chi connectivity index (χ1v) is 15.3. The average Bonchev–Trinajstić information content (AvgIpc) is 3.30. The number of likely N-dealkylation sites (N-methyl/N-ethyl adjacent to an activating group) is 1. The van der Waals surface area contributed by atoms with Crippen LogP contribution in [0.2, 0.25) is 10.0 Å². The maximum Gasteiger partial charge on any atom is 0.291 e. The van der Waals surface area contributed by atoms with Crippen LogP contribution in [0.4, 0.5) is 10.8 Å². The van der Waals surface area contributed by atoms with Gasteiger partial charge in [-0.05, 0) is 49.9 Å². The second-order valence-corrected chi connectivity index (χ2v) is 13.8. The fourth-order valence-corrected chi connectivity index (χ4v) is 7.63. The van der Waals surface area contributed by atoms with Crippen LogP contribution in [-0.2, 0) is 20.0 Å². The lowest BCUT2D eigenvalue weighted by atomic mass is 10.2. The predicted octanol–water partition coefficient (Wildman–Crippen LogP) is 3.14. The minimum Gasteiger partial charge on any atom is -0.304 e. The highest BCUT2D eigenvalue weighted by Gasteiger charge is 2.30. The molecule has 1 amide bonds. The molecule has 2 N–H and O–H groups in total. The Morgan fingerprint density at radius 1 is 1.00 bits per heavy atom. The normalized spacial score (nSPS) is 15.5. The molecule has 2 heterocycles. The van der Waals surface area contributed by atoms with Crippen LogP contribution in [0.1, 0.15) is 15.9 Å². The van der Waals surface area contributed by atoms with Gasteiger partial charge in [0.1, 0.15) is 0 Å². The molecule has 0 aliphatic carbocycles. The third kappa shape index (κ3) is 6.22. The SMILES string of the molecule is Cc1ccc(NS(=O)(=O)c2nnc(NC(=O)c3ccc(Cl)cc3Cl)s2)cc1S(=O)(=O)N1CCN(C)CC1. The number of benzene rings is 2. The Labute approximate surface area is 228 Å². The van der Waals surface area contributed by atoms with E-state index < -0.39 is 30.3 Å². The van der Waals surface area contributed by atoms with Crippen LogP contribution in [0.25, 0.3) is 0 Å². The van der Waals surface area contributed by atoms with Crippen molar-refractivity contribution in [2.75, 3.05) is 43.3 Å². The maximum atomic E-state index is 13.2. The Balaban J connectivity index is 1.52. The summed E-state index contributed by atoms with van der Waals surface area (Å²) >= 11 is 12.5. The molecule has 0 unspecified atom stereocenters. The third-order valence-corrected chi connectivity index (χ3v) is 10.7. The van der Waals surface area contributed by atoms with Gasteiger partial charge in [0.25, 0.3) is 20.3 Å². The summed E-state index contributed by atoms with van der Waals surface area (Å²) in [5, 5.41) is 10.2. The molecule has 1 aromatic heterocycles. The van der Waals surface area contributed by atoms with E-state index in [1.807, 2.05) is 11.9 Å². The van der Waals surface area contributed by atoms with E-state index in [9.17, 15) is 21.6 Å².